The highest BCUT2D eigenvalue weighted by molar-refractivity contribution is 5.18. The quantitative estimate of drug-likeness (QED) is 0.634. The minimum absolute atomic E-state index is 0.493. The van der Waals surface area contributed by atoms with E-state index in [-0.39, 0.29) is 0 Å². The highest BCUT2D eigenvalue weighted by atomic mass is 16.5. The topological polar surface area (TPSA) is 21.3 Å². The molecule has 1 aromatic carbocycles. The summed E-state index contributed by atoms with van der Waals surface area (Å²) < 4.78 is 5.38. The van der Waals surface area contributed by atoms with E-state index in [2.05, 4.69) is 49.5 Å². The van der Waals surface area contributed by atoms with Crippen LogP contribution in [0.5, 0.6) is 0 Å². The van der Waals surface area contributed by atoms with Gasteiger partial charge in [-0.15, -0.1) is 0 Å². The van der Waals surface area contributed by atoms with Crippen molar-refractivity contribution in [2.24, 2.45) is 0 Å². The molecule has 1 N–H and O–H groups in total. The van der Waals surface area contributed by atoms with E-state index in [9.17, 15) is 0 Å². The molecule has 0 aliphatic carbocycles. The first-order valence-corrected chi connectivity index (χ1v) is 7.24. The van der Waals surface area contributed by atoms with Gasteiger partial charge >= 0.3 is 0 Å². The van der Waals surface area contributed by atoms with Crippen molar-refractivity contribution in [2.75, 3.05) is 19.8 Å². The molecule has 2 heteroatoms. The minimum atomic E-state index is 0.493. The molecule has 0 heterocycles. The number of unbranched alkanes of at least 4 members (excludes halogenated alkanes) is 1. The van der Waals surface area contributed by atoms with Gasteiger partial charge in [0.25, 0.3) is 0 Å². The van der Waals surface area contributed by atoms with Crippen molar-refractivity contribution in [2.45, 2.75) is 45.6 Å². The van der Waals surface area contributed by atoms with Crippen molar-refractivity contribution in [3.63, 3.8) is 0 Å². The largest absolute Gasteiger partial charge is 0.382 e. The summed E-state index contributed by atoms with van der Waals surface area (Å²) in [7, 11) is 0. The number of hydrogen-bond donors (Lipinski definition) is 1. The maximum Gasteiger partial charge on any atom is 0.0465 e. The van der Waals surface area contributed by atoms with Crippen molar-refractivity contribution < 1.29 is 4.74 Å². The SMILES string of the molecule is CCCNC(CCCCOCC)c1ccccc1. The van der Waals surface area contributed by atoms with Crippen molar-refractivity contribution in [1.29, 1.82) is 0 Å². The van der Waals surface area contributed by atoms with Gasteiger partial charge in [-0.1, -0.05) is 37.3 Å². The van der Waals surface area contributed by atoms with E-state index in [0.29, 0.717) is 6.04 Å². The Labute approximate surface area is 112 Å². The number of rotatable bonds is 10. The Morgan fingerprint density at radius 1 is 1.11 bits per heavy atom. The normalized spacial score (nSPS) is 12.6. The molecular weight excluding hydrogens is 222 g/mol. The van der Waals surface area contributed by atoms with Crippen molar-refractivity contribution >= 4 is 0 Å². The van der Waals surface area contributed by atoms with Crippen LogP contribution in [0.4, 0.5) is 0 Å². The van der Waals surface area contributed by atoms with Gasteiger partial charge in [0.05, 0.1) is 0 Å². The predicted molar refractivity (Wildman–Crippen MR) is 77.8 cm³/mol. The van der Waals surface area contributed by atoms with E-state index in [0.717, 1.165) is 26.2 Å². The Morgan fingerprint density at radius 3 is 2.56 bits per heavy atom. The molecule has 0 aliphatic rings. The van der Waals surface area contributed by atoms with Gasteiger partial charge in [-0.2, -0.15) is 0 Å². The molecule has 1 aromatic rings. The average molecular weight is 249 g/mol. The predicted octanol–water partition coefficient (Wildman–Crippen LogP) is 3.93. The Bertz CT molecular complexity index is 286. The van der Waals surface area contributed by atoms with Gasteiger partial charge in [0.2, 0.25) is 0 Å². The summed E-state index contributed by atoms with van der Waals surface area (Å²) in [6.07, 6.45) is 4.75. The molecule has 0 bridgehead atoms. The summed E-state index contributed by atoms with van der Waals surface area (Å²) in [6.45, 7) is 7.08. The van der Waals surface area contributed by atoms with Crippen LogP contribution in [0.1, 0.15) is 51.1 Å². The maximum atomic E-state index is 5.38. The standard InChI is InChI=1S/C16H27NO/c1-3-13-17-16(12-8-9-14-18-4-2)15-10-6-5-7-11-15/h5-7,10-11,16-17H,3-4,8-9,12-14H2,1-2H3. The molecule has 0 amide bonds. The molecule has 0 aromatic heterocycles. The van der Waals surface area contributed by atoms with Crippen LogP contribution in [0.2, 0.25) is 0 Å². The van der Waals surface area contributed by atoms with Gasteiger partial charge in [-0.25, -0.2) is 0 Å². The summed E-state index contributed by atoms with van der Waals surface area (Å²) in [5, 5.41) is 3.64. The second kappa shape index (κ2) is 10.1. The second-order valence-electron chi connectivity index (χ2n) is 4.61. The van der Waals surface area contributed by atoms with Gasteiger partial charge in [0.15, 0.2) is 0 Å². The number of ether oxygens (including phenoxy) is 1. The Kier molecular flexibility index (Phi) is 8.53. The van der Waals surface area contributed by atoms with E-state index in [1.54, 1.807) is 0 Å². The molecule has 0 fully saturated rings. The van der Waals surface area contributed by atoms with Crippen LogP contribution in [0.25, 0.3) is 0 Å². The molecule has 1 rings (SSSR count). The minimum Gasteiger partial charge on any atom is -0.382 e. The lowest BCUT2D eigenvalue weighted by Crippen LogP contribution is -2.22. The summed E-state index contributed by atoms with van der Waals surface area (Å²) in [6, 6.07) is 11.3. The molecule has 1 unspecified atom stereocenters. The molecule has 18 heavy (non-hydrogen) atoms. The average Bonchev–Trinajstić information content (AvgIpc) is 2.43. The van der Waals surface area contributed by atoms with Crippen molar-refractivity contribution in [3.05, 3.63) is 35.9 Å². The Balaban J connectivity index is 2.36. The molecule has 2 nitrogen and oxygen atoms in total. The maximum absolute atomic E-state index is 5.38. The highest BCUT2D eigenvalue weighted by Gasteiger charge is 2.09. The fourth-order valence-electron chi connectivity index (χ4n) is 2.09. The van der Waals surface area contributed by atoms with Gasteiger partial charge in [0.1, 0.15) is 0 Å². The highest BCUT2D eigenvalue weighted by Crippen LogP contribution is 2.19. The van der Waals surface area contributed by atoms with Crippen LogP contribution < -0.4 is 5.32 Å². The molecule has 1 atom stereocenters. The van der Waals surface area contributed by atoms with Gasteiger partial charge < -0.3 is 10.1 Å². The van der Waals surface area contributed by atoms with Crippen molar-refractivity contribution in [3.8, 4) is 0 Å². The summed E-state index contributed by atoms with van der Waals surface area (Å²) in [4.78, 5) is 0. The van der Waals surface area contributed by atoms with Gasteiger partial charge in [-0.3, -0.25) is 0 Å². The third-order valence-corrected chi connectivity index (χ3v) is 3.08. The summed E-state index contributed by atoms with van der Waals surface area (Å²) in [5.41, 5.74) is 1.40. The van der Waals surface area contributed by atoms with E-state index in [4.69, 9.17) is 4.74 Å². The monoisotopic (exact) mass is 249 g/mol. The van der Waals surface area contributed by atoms with E-state index < -0.39 is 0 Å². The van der Waals surface area contributed by atoms with Crippen LogP contribution in [-0.2, 0) is 4.74 Å². The van der Waals surface area contributed by atoms with E-state index in [1.165, 1.54) is 24.8 Å². The molecule has 102 valence electrons. The molecule has 0 saturated carbocycles. The van der Waals surface area contributed by atoms with Crippen LogP contribution in [0.3, 0.4) is 0 Å². The smallest absolute Gasteiger partial charge is 0.0465 e. The van der Waals surface area contributed by atoms with Crippen LogP contribution >= 0.6 is 0 Å². The number of hydrogen-bond acceptors (Lipinski definition) is 2. The van der Waals surface area contributed by atoms with E-state index >= 15 is 0 Å². The van der Waals surface area contributed by atoms with Crippen LogP contribution in [0, 0.1) is 0 Å². The van der Waals surface area contributed by atoms with Crippen LogP contribution in [0.15, 0.2) is 30.3 Å². The molecule has 0 radical (unpaired) electrons. The van der Waals surface area contributed by atoms with Crippen molar-refractivity contribution in [1.82, 2.24) is 5.32 Å². The fourth-order valence-corrected chi connectivity index (χ4v) is 2.09. The Hall–Kier alpha value is -0.860. The molecule has 0 saturated heterocycles. The molecule has 0 spiro atoms. The first-order valence-electron chi connectivity index (χ1n) is 7.24. The summed E-state index contributed by atoms with van der Waals surface area (Å²) in [5.74, 6) is 0. The molecular formula is C16H27NO. The third kappa shape index (κ3) is 6.18. The molecule has 0 aliphatic heterocycles. The van der Waals surface area contributed by atoms with E-state index in [1.807, 2.05) is 0 Å². The van der Waals surface area contributed by atoms with Gasteiger partial charge in [0, 0.05) is 19.3 Å². The Morgan fingerprint density at radius 2 is 1.89 bits per heavy atom. The lowest BCUT2D eigenvalue weighted by molar-refractivity contribution is 0.142. The third-order valence-electron chi connectivity index (χ3n) is 3.08. The van der Waals surface area contributed by atoms with Crippen LogP contribution in [-0.4, -0.2) is 19.8 Å². The lowest BCUT2D eigenvalue weighted by Gasteiger charge is -2.19. The first-order chi connectivity index (χ1) is 8.88. The zero-order valence-electron chi connectivity index (χ0n) is 11.8. The fraction of sp³-hybridized carbons (Fsp3) is 0.625. The second-order valence-corrected chi connectivity index (χ2v) is 4.61. The lowest BCUT2D eigenvalue weighted by atomic mass is 10.0. The zero-order chi connectivity index (χ0) is 13.1. The number of nitrogens with one attached hydrogen (secondary N) is 1. The first kappa shape index (κ1) is 15.2. The summed E-state index contributed by atoms with van der Waals surface area (Å²) >= 11 is 0. The zero-order valence-corrected chi connectivity index (χ0v) is 11.8. The van der Waals surface area contributed by atoms with Gasteiger partial charge in [-0.05, 0) is 44.7 Å². The number of benzene rings is 1.